The van der Waals surface area contributed by atoms with Gasteiger partial charge in [0.1, 0.15) is 0 Å². The lowest BCUT2D eigenvalue weighted by molar-refractivity contribution is -0.243. The van der Waals surface area contributed by atoms with Crippen molar-refractivity contribution >= 4 is 15.9 Å². The first kappa shape index (κ1) is 15.1. The van der Waals surface area contributed by atoms with Gasteiger partial charge in [-0.2, -0.15) is 0 Å². The molecule has 3 unspecified atom stereocenters. The molecule has 116 valence electrons. The lowest BCUT2D eigenvalue weighted by Gasteiger charge is -2.36. The average molecular weight is 357 g/mol. The predicted octanol–water partition coefficient (Wildman–Crippen LogP) is 4.42. The minimum absolute atomic E-state index is 0.260. The van der Waals surface area contributed by atoms with Crippen molar-refractivity contribution in [2.45, 2.75) is 45.5 Å². The molecule has 2 aliphatic heterocycles. The molecule has 2 heterocycles. The normalized spacial score (nSPS) is 27.9. The van der Waals surface area contributed by atoms with E-state index in [1.54, 1.807) is 0 Å². The van der Waals surface area contributed by atoms with E-state index in [1.165, 1.54) is 0 Å². The van der Waals surface area contributed by atoms with Gasteiger partial charge < -0.3 is 18.9 Å². The first-order chi connectivity index (χ1) is 10.2. The van der Waals surface area contributed by atoms with E-state index in [-0.39, 0.29) is 19.2 Å². The lowest BCUT2D eigenvalue weighted by atomic mass is 9.95. The van der Waals surface area contributed by atoms with Gasteiger partial charge in [0.2, 0.25) is 6.79 Å². The van der Waals surface area contributed by atoms with Gasteiger partial charge in [0.05, 0.1) is 12.7 Å². The molecule has 1 aromatic carbocycles. The fourth-order valence-electron chi connectivity index (χ4n) is 2.87. The van der Waals surface area contributed by atoms with Crippen LogP contribution in [0.1, 0.15) is 45.0 Å². The van der Waals surface area contributed by atoms with Crippen LogP contribution >= 0.6 is 15.9 Å². The van der Waals surface area contributed by atoms with Crippen molar-refractivity contribution in [2.75, 3.05) is 13.4 Å². The molecule has 1 fully saturated rings. The van der Waals surface area contributed by atoms with Crippen LogP contribution in [0.25, 0.3) is 0 Å². The molecule has 3 atom stereocenters. The van der Waals surface area contributed by atoms with Crippen molar-refractivity contribution in [2.24, 2.45) is 5.92 Å². The van der Waals surface area contributed by atoms with Gasteiger partial charge >= 0.3 is 0 Å². The highest BCUT2D eigenvalue weighted by atomic mass is 79.9. The smallest absolute Gasteiger partial charge is 0.231 e. The van der Waals surface area contributed by atoms with Gasteiger partial charge in [-0.3, -0.25) is 0 Å². The zero-order chi connectivity index (χ0) is 14.8. The zero-order valence-electron chi connectivity index (χ0n) is 12.4. The summed E-state index contributed by atoms with van der Waals surface area (Å²) >= 11 is 3.58. The Morgan fingerprint density at radius 1 is 1.19 bits per heavy atom. The largest absolute Gasteiger partial charge is 0.454 e. The Hall–Kier alpha value is -0.780. The van der Waals surface area contributed by atoms with E-state index >= 15 is 0 Å². The molecule has 21 heavy (non-hydrogen) atoms. The van der Waals surface area contributed by atoms with Crippen LogP contribution in [0.5, 0.6) is 11.5 Å². The summed E-state index contributed by atoms with van der Waals surface area (Å²) in [6.45, 7) is 5.40. The second kappa shape index (κ2) is 6.55. The molecule has 0 radical (unpaired) electrons. The number of hydrogen-bond acceptors (Lipinski definition) is 4. The van der Waals surface area contributed by atoms with E-state index < -0.39 is 0 Å². The van der Waals surface area contributed by atoms with E-state index in [0.717, 1.165) is 47.4 Å². The molecule has 0 aromatic heterocycles. The second-order valence-electron chi connectivity index (χ2n) is 5.52. The molecule has 0 aliphatic carbocycles. The highest BCUT2D eigenvalue weighted by Gasteiger charge is 2.33. The number of ether oxygens (including phenoxy) is 4. The van der Waals surface area contributed by atoms with E-state index in [0.29, 0.717) is 5.92 Å². The summed E-state index contributed by atoms with van der Waals surface area (Å²) in [5.74, 6) is 2.00. The summed E-state index contributed by atoms with van der Waals surface area (Å²) in [6, 6.07) is 3.87. The van der Waals surface area contributed by atoms with Gasteiger partial charge in [-0.25, -0.2) is 0 Å². The molecule has 4 nitrogen and oxygen atoms in total. The zero-order valence-corrected chi connectivity index (χ0v) is 14.0. The van der Waals surface area contributed by atoms with Crippen molar-refractivity contribution in [1.29, 1.82) is 0 Å². The van der Waals surface area contributed by atoms with Crippen LogP contribution in [0.15, 0.2) is 16.6 Å². The molecule has 1 saturated heterocycles. The number of fused-ring (bicyclic) bond motifs is 1. The van der Waals surface area contributed by atoms with Gasteiger partial charge in [-0.1, -0.05) is 36.2 Å². The van der Waals surface area contributed by atoms with E-state index in [9.17, 15) is 0 Å². The maximum Gasteiger partial charge on any atom is 0.231 e. The molecule has 0 spiro atoms. The number of hydrogen-bond donors (Lipinski definition) is 0. The van der Waals surface area contributed by atoms with Crippen molar-refractivity contribution < 1.29 is 18.9 Å². The topological polar surface area (TPSA) is 36.9 Å². The Morgan fingerprint density at radius 2 is 1.95 bits per heavy atom. The van der Waals surface area contributed by atoms with Gasteiger partial charge in [0.15, 0.2) is 17.8 Å². The van der Waals surface area contributed by atoms with Crippen LogP contribution in [0, 0.1) is 5.92 Å². The molecule has 0 bridgehead atoms. The van der Waals surface area contributed by atoms with Crippen molar-refractivity contribution in [1.82, 2.24) is 0 Å². The van der Waals surface area contributed by atoms with E-state index in [2.05, 4.69) is 29.8 Å². The SMILES string of the molecule is CCCC1OC(c2cc3c(cc2Br)OCO3)OCC1CC. The molecule has 0 N–H and O–H groups in total. The first-order valence-corrected chi connectivity index (χ1v) is 8.38. The minimum atomic E-state index is -0.340. The monoisotopic (exact) mass is 356 g/mol. The summed E-state index contributed by atoms with van der Waals surface area (Å²) in [4.78, 5) is 0. The molecule has 0 amide bonds. The molecule has 1 aromatic rings. The Bertz CT molecular complexity index is 505. The summed E-state index contributed by atoms with van der Waals surface area (Å²) < 4.78 is 23.9. The molecular weight excluding hydrogens is 336 g/mol. The van der Waals surface area contributed by atoms with E-state index in [1.807, 2.05) is 12.1 Å². The Morgan fingerprint density at radius 3 is 2.67 bits per heavy atom. The fourth-order valence-corrected chi connectivity index (χ4v) is 3.38. The van der Waals surface area contributed by atoms with Crippen LogP contribution in [-0.2, 0) is 9.47 Å². The standard InChI is InChI=1S/C16H21BrO4/c1-3-5-13-10(4-2)8-18-16(21-13)11-6-14-15(7-12(11)17)20-9-19-14/h6-7,10,13,16H,3-5,8-9H2,1-2H3. The Labute approximate surface area is 133 Å². The van der Waals surface area contributed by atoms with Gasteiger partial charge in [0.25, 0.3) is 0 Å². The van der Waals surface area contributed by atoms with Crippen molar-refractivity contribution in [3.8, 4) is 11.5 Å². The first-order valence-electron chi connectivity index (χ1n) is 7.59. The van der Waals surface area contributed by atoms with Crippen LogP contribution in [-0.4, -0.2) is 19.5 Å². The van der Waals surface area contributed by atoms with Crippen molar-refractivity contribution in [3.05, 3.63) is 22.2 Å². The molecular formula is C16H21BrO4. The maximum atomic E-state index is 6.21. The highest BCUT2D eigenvalue weighted by Crippen LogP contribution is 2.42. The molecule has 3 rings (SSSR count). The second-order valence-corrected chi connectivity index (χ2v) is 6.38. The fraction of sp³-hybridized carbons (Fsp3) is 0.625. The number of rotatable bonds is 4. The van der Waals surface area contributed by atoms with Crippen LogP contribution in [0.2, 0.25) is 0 Å². The van der Waals surface area contributed by atoms with Crippen LogP contribution in [0.4, 0.5) is 0 Å². The van der Waals surface area contributed by atoms with Crippen LogP contribution in [0.3, 0.4) is 0 Å². The highest BCUT2D eigenvalue weighted by molar-refractivity contribution is 9.10. The third-order valence-corrected chi connectivity index (χ3v) is 4.82. The average Bonchev–Trinajstić information content (AvgIpc) is 2.94. The van der Waals surface area contributed by atoms with Gasteiger partial charge in [-0.15, -0.1) is 0 Å². The summed E-state index contributed by atoms with van der Waals surface area (Å²) in [7, 11) is 0. The molecule has 2 aliphatic rings. The Balaban J connectivity index is 1.81. The van der Waals surface area contributed by atoms with Gasteiger partial charge in [0, 0.05) is 16.0 Å². The predicted molar refractivity (Wildman–Crippen MR) is 82.5 cm³/mol. The lowest BCUT2D eigenvalue weighted by Crippen LogP contribution is -2.35. The number of benzene rings is 1. The Kier molecular flexibility index (Phi) is 4.72. The summed E-state index contributed by atoms with van der Waals surface area (Å²) in [5, 5.41) is 0. The van der Waals surface area contributed by atoms with Gasteiger partial charge in [-0.05, 0) is 25.0 Å². The summed E-state index contributed by atoms with van der Waals surface area (Å²) in [6.07, 6.45) is 3.19. The maximum absolute atomic E-state index is 6.21. The molecule has 5 heteroatoms. The van der Waals surface area contributed by atoms with E-state index in [4.69, 9.17) is 18.9 Å². The third kappa shape index (κ3) is 3.05. The van der Waals surface area contributed by atoms with Crippen LogP contribution < -0.4 is 9.47 Å². The minimum Gasteiger partial charge on any atom is -0.454 e. The number of halogens is 1. The quantitative estimate of drug-likeness (QED) is 0.800. The van der Waals surface area contributed by atoms with Crippen molar-refractivity contribution in [3.63, 3.8) is 0 Å². The third-order valence-electron chi connectivity index (χ3n) is 4.13. The molecule has 0 saturated carbocycles. The summed E-state index contributed by atoms with van der Waals surface area (Å²) in [5.41, 5.74) is 0.968.